The summed E-state index contributed by atoms with van der Waals surface area (Å²) in [6.07, 6.45) is 5.96. The summed E-state index contributed by atoms with van der Waals surface area (Å²) in [7, 11) is -2.01. The Morgan fingerprint density at radius 2 is 2.00 bits per heavy atom. The maximum absolute atomic E-state index is 13.3. The second-order valence-corrected chi connectivity index (χ2v) is 9.21. The number of rotatable bonds is 5. The van der Waals surface area contributed by atoms with Crippen molar-refractivity contribution in [2.75, 3.05) is 6.54 Å². The van der Waals surface area contributed by atoms with Gasteiger partial charge in [-0.15, -0.1) is 0 Å². The normalized spacial score (nSPS) is 18.2. The Bertz CT molecular complexity index is 1110. The van der Waals surface area contributed by atoms with Gasteiger partial charge in [-0.3, -0.25) is 4.68 Å². The van der Waals surface area contributed by atoms with Crippen LogP contribution in [0.1, 0.15) is 48.2 Å². The van der Waals surface area contributed by atoms with Gasteiger partial charge in [0.2, 0.25) is 15.9 Å². The van der Waals surface area contributed by atoms with Gasteiger partial charge in [0.25, 0.3) is 0 Å². The average Bonchev–Trinajstić information content (AvgIpc) is 3.30. The molecule has 3 heterocycles. The van der Waals surface area contributed by atoms with Crippen molar-refractivity contribution in [3.05, 3.63) is 65.4 Å². The lowest BCUT2D eigenvalue weighted by Gasteiger charge is -2.32. The van der Waals surface area contributed by atoms with E-state index in [4.69, 9.17) is 4.42 Å². The van der Waals surface area contributed by atoms with Gasteiger partial charge in [0, 0.05) is 26.2 Å². The summed E-state index contributed by atoms with van der Waals surface area (Å²) in [6, 6.07) is 5.74. The highest BCUT2D eigenvalue weighted by Gasteiger charge is 2.38. The average molecular weight is 418 g/mol. The predicted molar refractivity (Wildman–Crippen MR) is 104 cm³/mol. The molecule has 4 rings (SSSR count). The fourth-order valence-corrected chi connectivity index (χ4v) is 5.61. The predicted octanol–water partition coefficient (Wildman–Crippen LogP) is 3.36. The van der Waals surface area contributed by atoms with E-state index < -0.39 is 16.1 Å². The monoisotopic (exact) mass is 418 g/mol. The molecule has 0 amide bonds. The first kappa shape index (κ1) is 19.8. The highest BCUT2D eigenvalue weighted by Crippen LogP contribution is 2.36. The molecular weight excluding hydrogens is 395 g/mol. The van der Waals surface area contributed by atoms with Gasteiger partial charge in [-0.25, -0.2) is 17.8 Å². The lowest BCUT2D eigenvalue weighted by molar-refractivity contribution is 0.216. The van der Waals surface area contributed by atoms with Crippen molar-refractivity contribution in [3.8, 4) is 0 Å². The Labute approximate surface area is 169 Å². The number of oxazole rings is 1. The highest BCUT2D eigenvalue weighted by molar-refractivity contribution is 7.89. The summed E-state index contributed by atoms with van der Waals surface area (Å²) >= 11 is 0. The van der Waals surface area contributed by atoms with E-state index in [1.54, 1.807) is 32.3 Å². The molecule has 1 fully saturated rings. The molecule has 1 aliphatic heterocycles. The van der Waals surface area contributed by atoms with Crippen LogP contribution in [0.4, 0.5) is 4.39 Å². The SMILES string of the molecule is Cc1nn(C)cc1S(=O)(=O)N1CCCC[C@H]1c1ncc(Cc2ccc(F)cc2)o1. The van der Waals surface area contributed by atoms with Crippen molar-refractivity contribution in [2.45, 2.75) is 43.5 Å². The van der Waals surface area contributed by atoms with Crippen LogP contribution in [0.3, 0.4) is 0 Å². The lowest BCUT2D eigenvalue weighted by Crippen LogP contribution is -2.38. The minimum atomic E-state index is -3.72. The molecule has 0 saturated carbocycles. The second kappa shape index (κ2) is 7.72. The van der Waals surface area contributed by atoms with Crippen LogP contribution in [-0.2, 0) is 23.5 Å². The smallest absolute Gasteiger partial charge is 0.247 e. The zero-order chi connectivity index (χ0) is 20.6. The fourth-order valence-electron chi connectivity index (χ4n) is 3.76. The summed E-state index contributed by atoms with van der Waals surface area (Å²) in [5, 5.41) is 4.17. The Morgan fingerprint density at radius 3 is 2.69 bits per heavy atom. The number of piperidine rings is 1. The molecular formula is C20H23FN4O3S. The number of aryl methyl sites for hydroxylation is 2. The topological polar surface area (TPSA) is 81.2 Å². The molecule has 29 heavy (non-hydrogen) atoms. The summed E-state index contributed by atoms with van der Waals surface area (Å²) in [6.45, 7) is 2.11. The van der Waals surface area contributed by atoms with Crippen LogP contribution in [0.15, 0.2) is 46.0 Å². The van der Waals surface area contributed by atoms with E-state index in [0.29, 0.717) is 36.7 Å². The van der Waals surface area contributed by atoms with E-state index >= 15 is 0 Å². The molecule has 0 bridgehead atoms. The maximum atomic E-state index is 13.3. The molecule has 0 N–H and O–H groups in total. The summed E-state index contributed by atoms with van der Waals surface area (Å²) in [5.74, 6) is 0.722. The van der Waals surface area contributed by atoms with Crippen LogP contribution < -0.4 is 0 Å². The lowest BCUT2D eigenvalue weighted by atomic mass is 10.1. The summed E-state index contributed by atoms with van der Waals surface area (Å²) in [5.41, 5.74) is 1.37. The molecule has 2 aromatic heterocycles. The molecule has 154 valence electrons. The van der Waals surface area contributed by atoms with Crippen molar-refractivity contribution in [3.63, 3.8) is 0 Å². The second-order valence-electron chi connectivity index (χ2n) is 7.35. The number of halogens is 1. The van der Waals surface area contributed by atoms with E-state index in [1.165, 1.54) is 27.3 Å². The van der Waals surface area contributed by atoms with Crippen LogP contribution in [0, 0.1) is 12.7 Å². The van der Waals surface area contributed by atoms with E-state index in [1.807, 2.05) is 0 Å². The molecule has 0 radical (unpaired) electrons. The highest BCUT2D eigenvalue weighted by atomic mass is 32.2. The van der Waals surface area contributed by atoms with Crippen LogP contribution in [0.2, 0.25) is 0 Å². The Kier molecular flexibility index (Phi) is 5.26. The summed E-state index contributed by atoms with van der Waals surface area (Å²) < 4.78 is 48.6. The van der Waals surface area contributed by atoms with E-state index in [0.717, 1.165) is 18.4 Å². The molecule has 7 nitrogen and oxygen atoms in total. The zero-order valence-electron chi connectivity index (χ0n) is 16.4. The molecule has 0 aliphatic carbocycles. The van der Waals surface area contributed by atoms with Crippen molar-refractivity contribution in [1.29, 1.82) is 0 Å². The third kappa shape index (κ3) is 3.97. The van der Waals surface area contributed by atoms with Crippen LogP contribution in [0.5, 0.6) is 0 Å². The first-order chi connectivity index (χ1) is 13.8. The van der Waals surface area contributed by atoms with Crippen LogP contribution in [0.25, 0.3) is 0 Å². The van der Waals surface area contributed by atoms with Gasteiger partial charge in [-0.05, 0) is 37.5 Å². The number of hydrogen-bond acceptors (Lipinski definition) is 5. The third-order valence-corrected chi connectivity index (χ3v) is 7.17. The standard InChI is InChI=1S/C20H23FN4O3S/c1-14-19(13-24(2)23-14)29(26,27)25-10-4-3-5-18(25)20-22-12-17(28-20)11-15-6-8-16(21)9-7-15/h6-9,12-13,18H,3-5,10-11H2,1-2H3/t18-/m0/s1. The van der Waals surface area contributed by atoms with Crippen LogP contribution in [-0.4, -0.2) is 34.0 Å². The Hall–Kier alpha value is -2.52. The Balaban J connectivity index is 1.60. The third-order valence-electron chi connectivity index (χ3n) is 5.16. The minimum Gasteiger partial charge on any atom is -0.444 e. The van der Waals surface area contributed by atoms with Crippen LogP contribution >= 0.6 is 0 Å². The summed E-state index contributed by atoms with van der Waals surface area (Å²) in [4.78, 5) is 4.58. The van der Waals surface area contributed by atoms with Crippen molar-refractivity contribution < 1.29 is 17.2 Å². The molecule has 0 spiro atoms. The zero-order valence-corrected chi connectivity index (χ0v) is 17.2. The van der Waals surface area contributed by atoms with Crippen molar-refractivity contribution >= 4 is 10.0 Å². The van der Waals surface area contributed by atoms with E-state index in [9.17, 15) is 12.8 Å². The van der Waals surface area contributed by atoms with Gasteiger partial charge >= 0.3 is 0 Å². The molecule has 0 unspecified atom stereocenters. The largest absolute Gasteiger partial charge is 0.444 e. The number of hydrogen-bond donors (Lipinski definition) is 0. The number of aromatic nitrogens is 3. The first-order valence-corrected chi connectivity index (χ1v) is 11.0. The fraction of sp³-hybridized carbons (Fsp3) is 0.400. The van der Waals surface area contributed by atoms with Crippen molar-refractivity contribution in [1.82, 2.24) is 19.1 Å². The molecule has 1 saturated heterocycles. The minimum absolute atomic E-state index is 0.213. The van der Waals surface area contributed by atoms with E-state index in [2.05, 4.69) is 10.1 Å². The number of sulfonamides is 1. The van der Waals surface area contributed by atoms with Gasteiger partial charge in [0.15, 0.2) is 0 Å². The first-order valence-electron chi connectivity index (χ1n) is 9.56. The van der Waals surface area contributed by atoms with Gasteiger partial charge in [0.1, 0.15) is 22.5 Å². The van der Waals surface area contributed by atoms with Gasteiger partial charge in [-0.1, -0.05) is 18.6 Å². The molecule has 9 heteroatoms. The van der Waals surface area contributed by atoms with E-state index in [-0.39, 0.29) is 10.7 Å². The van der Waals surface area contributed by atoms with Gasteiger partial charge in [-0.2, -0.15) is 9.40 Å². The molecule has 1 aromatic carbocycles. The molecule has 1 aliphatic rings. The number of nitrogens with zero attached hydrogens (tertiary/aromatic N) is 4. The maximum Gasteiger partial charge on any atom is 0.247 e. The van der Waals surface area contributed by atoms with Gasteiger partial charge in [0.05, 0.1) is 11.9 Å². The van der Waals surface area contributed by atoms with Crippen molar-refractivity contribution in [2.24, 2.45) is 7.05 Å². The number of benzene rings is 1. The quantitative estimate of drug-likeness (QED) is 0.635. The van der Waals surface area contributed by atoms with Gasteiger partial charge < -0.3 is 4.42 Å². The molecule has 3 aromatic rings. The Morgan fingerprint density at radius 1 is 1.24 bits per heavy atom. The molecule has 1 atom stereocenters.